The Bertz CT molecular complexity index is 1370. The third-order valence-corrected chi connectivity index (χ3v) is 6.46. The normalized spacial score (nSPS) is 20.3. The van der Waals surface area contributed by atoms with Gasteiger partial charge in [-0.05, 0) is 69.8 Å². The summed E-state index contributed by atoms with van der Waals surface area (Å²) in [5.41, 5.74) is 5.05. The Kier molecular flexibility index (Phi) is 3.65. The highest BCUT2D eigenvalue weighted by Gasteiger charge is 2.46. The van der Waals surface area contributed by atoms with Crippen molar-refractivity contribution in [3.8, 4) is 11.4 Å². The SMILES string of the molecule is Cc1cn2nc(-c3ccc4c(=O)n([C@@H]5CCNC6(CC6)C5)ncc4n3)cc(C)c2n1. The van der Waals surface area contributed by atoms with Crippen LogP contribution in [0.25, 0.3) is 27.9 Å². The standard InChI is InChI=1S/C22H23N7O/c1-13-9-18(27-28-12-14(2)25-20(13)28)17-4-3-16-19(26-17)11-24-29(21(16)30)15-5-8-23-22(10-15)6-7-22/h3-4,9,11-12,15,23H,5-8,10H2,1-2H3/t15-/m1/s1. The molecule has 0 unspecified atom stereocenters. The van der Waals surface area contributed by atoms with Crippen LogP contribution in [0, 0.1) is 13.8 Å². The summed E-state index contributed by atoms with van der Waals surface area (Å²) in [5.74, 6) is 0. The van der Waals surface area contributed by atoms with Gasteiger partial charge in [0.1, 0.15) is 5.69 Å². The summed E-state index contributed by atoms with van der Waals surface area (Å²) < 4.78 is 3.46. The van der Waals surface area contributed by atoms with Gasteiger partial charge in [-0.15, -0.1) is 0 Å². The molecule has 5 heterocycles. The Morgan fingerprint density at radius 3 is 2.87 bits per heavy atom. The summed E-state index contributed by atoms with van der Waals surface area (Å²) >= 11 is 0. The van der Waals surface area contributed by atoms with E-state index in [9.17, 15) is 4.79 Å². The fourth-order valence-corrected chi connectivity index (χ4v) is 4.69. The maximum absolute atomic E-state index is 13.2. The molecular weight excluding hydrogens is 378 g/mol. The monoisotopic (exact) mass is 401 g/mol. The minimum absolute atomic E-state index is 0.0564. The first-order valence-electron chi connectivity index (χ1n) is 10.5. The van der Waals surface area contributed by atoms with Crippen molar-refractivity contribution in [3.63, 3.8) is 0 Å². The number of hydrogen-bond acceptors (Lipinski definition) is 6. The molecule has 1 saturated carbocycles. The molecule has 4 aromatic rings. The summed E-state index contributed by atoms with van der Waals surface area (Å²) in [5, 5.41) is 13.4. The molecule has 1 atom stereocenters. The molecule has 30 heavy (non-hydrogen) atoms. The lowest BCUT2D eigenvalue weighted by molar-refractivity contribution is 0.264. The second kappa shape index (κ2) is 6.18. The van der Waals surface area contributed by atoms with Crippen molar-refractivity contribution in [1.82, 2.24) is 34.7 Å². The fourth-order valence-electron chi connectivity index (χ4n) is 4.69. The van der Waals surface area contributed by atoms with Crippen LogP contribution in [0.15, 0.2) is 35.4 Å². The van der Waals surface area contributed by atoms with Gasteiger partial charge in [0.05, 0.1) is 40.7 Å². The number of nitrogens with zero attached hydrogens (tertiary/aromatic N) is 6. The average molecular weight is 401 g/mol. The second-order valence-corrected chi connectivity index (χ2v) is 8.74. The summed E-state index contributed by atoms with van der Waals surface area (Å²) in [6.45, 7) is 4.90. The molecule has 0 radical (unpaired) electrons. The van der Waals surface area contributed by atoms with E-state index in [1.165, 1.54) is 12.8 Å². The lowest BCUT2D eigenvalue weighted by Gasteiger charge is -2.30. The zero-order chi connectivity index (χ0) is 20.5. The highest BCUT2D eigenvalue weighted by atomic mass is 16.1. The molecule has 0 aromatic carbocycles. The topological polar surface area (TPSA) is 90.0 Å². The van der Waals surface area contributed by atoms with Gasteiger partial charge < -0.3 is 5.32 Å². The number of piperidine rings is 1. The molecular formula is C22H23N7O. The quantitative estimate of drug-likeness (QED) is 0.555. The number of hydrogen-bond donors (Lipinski definition) is 1. The fraction of sp³-hybridized carbons (Fsp3) is 0.409. The number of pyridine rings is 1. The highest BCUT2D eigenvalue weighted by molar-refractivity contribution is 5.79. The van der Waals surface area contributed by atoms with Crippen molar-refractivity contribution in [2.75, 3.05) is 6.54 Å². The van der Waals surface area contributed by atoms with E-state index in [1.54, 1.807) is 15.4 Å². The Morgan fingerprint density at radius 1 is 1.17 bits per heavy atom. The maximum Gasteiger partial charge on any atom is 0.276 e. The predicted molar refractivity (Wildman–Crippen MR) is 113 cm³/mol. The first-order chi connectivity index (χ1) is 14.5. The second-order valence-electron chi connectivity index (χ2n) is 8.74. The van der Waals surface area contributed by atoms with Gasteiger partial charge in [0, 0.05) is 5.54 Å². The van der Waals surface area contributed by atoms with Crippen molar-refractivity contribution < 1.29 is 0 Å². The van der Waals surface area contributed by atoms with E-state index in [0.29, 0.717) is 10.9 Å². The minimum Gasteiger partial charge on any atom is -0.311 e. The Balaban J connectivity index is 1.41. The molecule has 6 rings (SSSR count). The van der Waals surface area contributed by atoms with Crippen LogP contribution < -0.4 is 10.9 Å². The molecule has 1 spiro atoms. The van der Waals surface area contributed by atoms with Crippen LogP contribution >= 0.6 is 0 Å². The van der Waals surface area contributed by atoms with Gasteiger partial charge >= 0.3 is 0 Å². The molecule has 0 bridgehead atoms. The van der Waals surface area contributed by atoms with Crippen molar-refractivity contribution in [3.05, 3.63) is 52.2 Å². The average Bonchev–Trinajstić information content (AvgIpc) is 3.35. The molecule has 2 fully saturated rings. The van der Waals surface area contributed by atoms with Gasteiger partial charge in [-0.3, -0.25) is 4.79 Å². The minimum atomic E-state index is -0.0564. The highest BCUT2D eigenvalue weighted by Crippen LogP contribution is 2.44. The Labute approximate surface area is 173 Å². The van der Waals surface area contributed by atoms with Gasteiger partial charge in [0.15, 0.2) is 5.65 Å². The van der Waals surface area contributed by atoms with Crippen molar-refractivity contribution in [2.24, 2.45) is 0 Å². The number of nitrogens with one attached hydrogen (secondary N) is 1. The van der Waals surface area contributed by atoms with Crippen LogP contribution in [0.2, 0.25) is 0 Å². The smallest absolute Gasteiger partial charge is 0.276 e. The van der Waals surface area contributed by atoms with Crippen LogP contribution in [0.3, 0.4) is 0 Å². The summed E-state index contributed by atoms with van der Waals surface area (Å²) in [6, 6.07) is 5.86. The molecule has 0 amide bonds. The molecule has 152 valence electrons. The van der Waals surface area contributed by atoms with Gasteiger partial charge in [0.2, 0.25) is 0 Å². The Hall–Kier alpha value is -3.13. The molecule has 2 aliphatic rings. The molecule has 8 nitrogen and oxygen atoms in total. The number of aromatic nitrogens is 6. The molecule has 1 aliphatic heterocycles. The van der Waals surface area contributed by atoms with Crippen LogP contribution in [0.5, 0.6) is 0 Å². The number of rotatable bonds is 2. The lowest BCUT2D eigenvalue weighted by atomic mass is 9.97. The maximum atomic E-state index is 13.2. The summed E-state index contributed by atoms with van der Waals surface area (Å²) in [4.78, 5) is 22.4. The van der Waals surface area contributed by atoms with Gasteiger partial charge in [-0.1, -0.05) is 0 Å². The van der Waals surface area contributed by atoms with Gasteiger partial charge in [-0.2, -0.15) is 10.2 Å². The van der Waals surface area contributed by atoms with Crippen LogP contribution in [-0.2, 0) is 0 Å². The van der Waals surface area contributed by atoms with E-state index in [-0.39, 0.29) is 17.1 Å². The first-order valence-corrected chi connectivity index (χ1v) is 10.5. The zero-order valence-electron chi connectivity index (χ0n) is 17.1. The van der Waals surface area contributed by atoms with Crippen LogP contribution in [0.4, 0.5) is 0 Å². The van der Waals surface area contributed by atoms with E-state index in [0.717, 1.165) is 47.7 Å². The molecule has 1 N–H and O–H groups in total. The van der Waals surface area contributed by atoms with E-state index in [4.69, 9.17) is 4.98 Å². The molecule has 4 aromatic heterocycles. The lowest BCUT2D eigenvalue weighted by Crippen LogP contribution is -2.43. The van der Waals surface area contributed by atoms with Crippen molar-refractivity contribution in [1.29, 1.82) is 0 Å². The van der Waals surface area contributed by atoms with Gasteiger partial charge in [-0.25, -0.2) is 19.2 Å². The third-order valence-electron chi connectivity index (χ3n) is 6.46. The zero-order valence-corrected chi connectivity index (χ0v) is 17.1. The van der Waals surface area contributed by atoms with E-state index >= 15 is 0 Å². The van der Waals surface area contributed by atoms with E-state index in [2.05, 4.69) is 20.5 Å². The largest absolute Gasteiger partial charge is 0.311 e. The molecule has 8 heteroatoms. The number of fused-ring (bicyclic) bond motifs is 2. The Morgan fingerprint density at radius 2 is 2.03 bits per heavy atom. The van der Waals surface area contributed by atoms with E-state index < -0.39 is 0 Å². The van der Waals surface area contributed by atoms with Crippen molar-refractivity contribution in [2.45, 2.75) is 51.1 Å². The first kappa shape index (κ1) is 17.7. The molecule has 1 aliphatic carbocycles. The number of aryl methyl sites for hydroxylation is 2. The van der Waals surface area contributed by atoms with Crippen molar-refractivity contribution >= 4 is 16.6 Å². The summed E-state index contributed by atoms with van der Waals surface area (Å²) in [7, 11) is 0. The predicted octanol–water partition coefficient (Wildman–Crippen LogP) is 2.58. The third kappa shape index (κ3) is 2.74. The van der Waals surface area contributed by atoms with Gasteiger partial charge in [0.25, 0.3) is 5.56 Å². The summed E-state index contributed by atoms with van der Waals surface area (Å²) in [6.07, 6.45) is 7.92. The van der Waals surface area contributed by atoms with Crippen LogP contribution in [0.1, 0.15) is 43.0 Å². The van der Waals surface area contributed by atoms with E-state index in [1.807, 2.05) is 38.2 Å². The molecule has 1 saturated heterocycles. The number of imidazole rings is 1. The van der Waals surface area contributed by atoms with Crippen LogP contribution in [-0.4, -0.2) is 41.4 Å².